The van der Waals surface area contributed by atoms with E-state index in [9.17, 15) is 0 Å². The van der Waals surface area contributed by atoms with E-state index >= 15 is 0 Å². The van der Waals surface area contributed by atoms with E-state index < -0.39 is 0 Å². The van der Waals surface area contributed by atoms with E-state index in [2.05, 4.69) is 27.2 Å². The van der Waals surface area contributed by atoms with Crippen LogP contribution in [0.3, 0.4) is 0 Å². The minimum atomic E-state index is -0.0874. The van der Waals surface area contributed by atoms with Crippen LogP contribution in [0.1, 0.15) is 24.8 Å². The molecule has 0 radical (unpaired) electrons. The lowest BCUT2D eigenvalue weighted by Gasteiger charge is -2.16. The second kappa shape index (κ2) is 9.20. The molecule has 0 aliphatic carbocycles. The number of para-hydroxylation sites is 1. The molecule has 0 spiro atoms. The van der Waals surface area contributed by atoms with Crippen molar-refractivity contribution < 1.29 is 9.15 Å². The molecule has 4 heterocycles. The van der Waals surface area contributed by atoms with E-state index in [1.807, 2.05) is 54.9 Å². The third-order valence-electron chi connectivity index (χ3n) is 5.56. The number of fused-ring (bicyclic) bond motifs is 2. The van der Waals surface area contributed by atoms with Gasteiger partial charge in [0.05, 0.1) is 6.20 Å². The first-order valence-corrected chi connectivity index (χ1v) is 10.9. The molecular formula is C25H25N5O2. The summed E-state index contributed by atoms with van der Waals surface area (Å²) in [7, 11) is 0. The van der Waals surface area contributed by atoms with E-state index in [1.54, 1.807) is 10.7 Å². The van der Waals surface area contributed by atoms with Crippen LogP contribution in [0.5, 0.6) is 5.88 Å². The van der Waals surface area contributed by atoms with Gasteiger partial charge in [0.1, 0.15) is 17.4 Å². The quantitative estimate of drug-likeness (QED) is 0.344. The standard InChI is InChI=1S/C25H25N5O2/c26-16-20(7-3-1-5-18-11-13-27-14-12-18)31-25-10-9-24-28-17-21(30(24)29-25)23-15-19-6-2-4-8-22(19)32-23/h2,4,6,8-15,17,20H,1,3,5,7,16,26H2. The van der Waals surface area contributed by atoms with Gasteiger partial charge in [-0.25, -0.2) is 9.50 Å². The first kappa shape index (κ1) is 20.2. The Kier molecular flexibility index (Phi) is 5.81. The van der Waals surface area contributed by atoms with Gasteiger partial charge in [0.15, 0.2) is 11.4 Å². The smallest absolute Gasteiger partial charge is 0.232 e. The van der Waals surface area contributed by atoms with Crippen LogP contribution < -0.4 is 10.5 Å². The van der Waals surface area contributed by atoms with Gasteiger partial charge in [0.2, 0.25) is 5.88 Å². The molecule has 5 aromatic rings. The van der Waals surface area contributed by atoms with Gasteiger partial charge >= 0.3 is 0 Å². The topological polar surface area (TPSA) is 91.5 Å². The zero-order valence-electron chi connectivity index (χ0n) is 17.7. The van der Waals surface area contributed by atoms with Gasteiger partial charge in [-0.3, -0.25) is 4.98 Å². The number of aromatic nitrogens is 4. The van der Waals surface area contributed by atoms with Crippen LogP contribution in [0, 0.1) is 0 Å². The number of hydrogen-bond donors (Lipinski definition) is 1. The molecule has 0 saturated carbocycles. The summed E-state index contributed by atoms with van der Waals surface area (Å²) >= 11 is 0. The van der Waals surface area contributed by atoms with Crippen molar-refractivity contribution in [2.45, 2.75) is 31.8 Å². The summed E-state index contributed by atoms with van der Waals surface area (Å²) in [6, 6.07) is 17.8. The van der Waals surface area contributed by atoms with Gasteiger partial charge in [-0.2, -0.15) is 0 Å². The highest BCUT2D eigenvalue weighted by Crippen LogP contribution is 2.28. The number of imidazole rings is 1. The molecule has 2 N–H and O–H groups in total. The summed E-state index contributed by atoms with van der Waals surface area (Å²) in [6.07, 6.45) is 9.36. The predicted molar refractivity (Wildman–Crippen MR) is 123 cm³/mol. The minimum absolute atomic E-state index is 0.0874. The Morgan fingerprint density at radius 2 is 1.91 bits per heavy atom. The molecule has 1 aromatic carbocycles. The Morgan fingerprint density at radius 3 is 2.75 bits per heavy atom. The molecule has 0 bridgehead atoms. The number of nitrogens with zero attached hydrogens (tertiary/aromatic N) is 4. The fraction of sp³-hybridized carbons (Fsp3) is 0.240. The van der Waals surface area contributed by atoms with E-state index in [1.165, 1.54) is 5.56 Å². The predicted octanol–water partition coefficient (Wildman–Crippen LogP) is 4.66. The van der Waals surface area contributed by atoms with Gasteiger partial charge in [0.25, 0.3) is 0 Å². The summed E-state index contributed by atoms with van der Waals surface area (Å²) in [5, 5.41) is 5.70. The summed E-state index contributed by atoms with van der Waals surface area (Å²) in [6.45, 7) is 0.440. The van der Waals surface area contributed by atoms with E-state index in [0.29, 0.717) is 12.4 Å². The van der Waals surface area contributed by atoms with Crippen molar-refractivity contribution in [3.63, 3.8) is 0 Å². The van der Waals surface area contributed by atoms with Gasteiger partial charge in [0, 0.05) is 30.4 Å². The van der Waals surface area contributed by atoms with Gasteiger partial charge in [-0.15, -0.1) is 5.10 Å². The monoisotopic (exact) mass is 427 g/mol. The van der Waals surface area contributed by atoms with Gasteiger partial charge < -0.3 is 14.9 Å². The molecule has 7 heteroatoms. The third-order valence-corrected chi connectivity index (χ3v) is 5.56. The lowest BCUT2D eigenvalue weighted by atomic mass is 10.1. The van der Waals surface area contributed by atoms with Crippen LogP contribution in [0.2, 0.25) is 0 Å². The molecule has 1 atom stereocenters. The lowest BCUT2D eigenvalue weighted by Crippen LogP contribution is -2.27. The van der Waals surface area contributed by atoms with Crippen molar-refractivity contribution in [3.05, 3.63) is 78.8 Å². The molecule has 5 rings (SSSR count). The Hall–Kier alpha value is -3.71. The van der Waals surface area contributed by atoms with Crippen molar-refractivity contribution in [1.29, 1.82) is 0 Å². The Morgan fingerprint density at radius 1 is 1.03 bits per heavy atom. The minimum Gasteiger partial charge on any atom is -0.472 e. The highest BCUT2D eigenvalue weighted by Gasteiger charge is 2.15. The zero-order valence-corrected chi connectivity index (χ0v) is 17.7. The normalized spacial score (nSPS) is 12.4. The van der Waals surface area contributed by atoms with Crippen LogP contribution in [0.4, 0.5) is 0 Å². The molecule has 32 heavy (non-hydrogen) atoms. The molecule has 0 fully saturated rings. The fourth-order valence-electron chi connectivity index (χ4n) is 3.84. The summed E-state index contributed by atoms with van der Waals surface area (Å²) < 4.78 is 13.9. The van der Waals surface area contributed by atoms with E-state index in [0.717, 1.165) is 53.8 Å². The molecule has 0 aliphatic heterocycles. The van der Waals surface area contributed by atoms with Crippen molar-refractivity contribution in [2.75, 3.05) is 6.54 Å². The highest BCUT2D eigenvalue weighted by atomic mass is 16.5. The SMILES string of the molecule is NCC(CCCCc1ccncc1)Oc1ccc2ncc(-c3cc4ccccc4o3)n2n1. The number of furan rings is 1. The third kappa shape index (κ3) is 4.33. The number of unbranched alkanes of at least 4 members (excludes halogenated alkanes) is 1. The molecule has 1 unspecified atom stereocenters. The zero-order chi connectivity index (χ0) is 21.8. The average Bonchev–Trinajstić information content (AvgIpc) is 3.45. The van der Waals surface area contributed by atoms with Gasteiger partial charge in [-0.1, -0.05) is 18.2 Å². The number of nitrogens with two attached hydrogens (primary N) is 1. The maximum atomic E-state index is 6.12. The van der Waals surface area contributed by atoms with Crippen molar-refractivity contribution >= 4 is 16.6 Å². The van der Waals surface area contributed by atoms with Crippen molar-refractivity contribution in [2.24, 2.45) is 5.73 Å². The molecule has 0 amide bonds. The highest BCUT2D eigenvalue weighted by molar-refractivity contribution is 5.82. The largest absolute Gasteiger partial charge is 0.472 e. The number of aryl methyl sites for hydroxylation is 1. The maximum Gasteiger partial charge on any atom is 0.232 e. The van der Waals surface area contributed by atoms with Gasteiger partial charge in [-0.05, 0) is 61.6 Å². The lowest BCUT2D eigenvalue weighted by molar-refractivity contribution is 0.185. The van der Waals surface area contributed by atoms with Crippen LogP contribution in [0.15, 0.2) is 77.6 Å². The first-order chi connectivity index (χ1) is 15.8. The summed E-state index contributed by atoms with van der Waals surface area (Å²) in [5.41, 5.74) is 9.62. The number of ether oxygens (including phenoxy) is 1. The van der Waals surface area contributed by atoms with E-state index in [-0.39, 0.29) is 6.10 Å². The Bertz CT molecular complexity index is 1280. The molecular weight excluding hydrogens is 402 g/mol. The average molecular weight is 428 g/mol. The number of benzene rings is 1. The molecule has 4 aromatic heterocycles. The number of pyridine rings is 1. The number of hydrogen-bond acceptors (Lipinski definition) is 6. The van der Waals surface area contributed by atoms with Crippen LogP contribution in [0.25, 0.3) is 28.1 Å². The molecule has 7 nitrogen and oxygen atoms in total. The molecule has 162 valence electrons. The fourth-order valence-corrected chi connectivity index (χ4v) is 3.84. The molecule has 0 aliphatic rings. The van der Waals surface area contributed by atoms with Crippen LogP contribution in [-0.4, -0.2) is 32.2 Å². The Balaban J connectivity index is 1.28. The second-order valence-corrected chi connectivity index (χ2v) is 7.81. The number of rotatable bonds is 9. The van der Waals surface area contributed by atoms with Crippen molar-refractivity contribution in [3.8, 4) is 17.3 Å². The van der Waals surface area contributed by atoms with E-state index in [4.69, 9.17) is 14.9 Å². The van der Waals surface area contributed by atoms with Crippen LogP contribution in [-0.2, 0) is 6.42 Å². The summed E-state index contributed by atoms with van der Waals surface area (Å²) in [4.78, 5) is 8.51. The molecule has 0 saturated heterocycles. The summed E-state index contributed by atoms with van der Waals surface area (Å²) in [5.74, 6) is 1.24. The maximum absolute atomic E-state index is 6.12. The second-order valence-electron chi connectivity index (χ2n) is 7.81. The van der Waals surface area contributed by atoms with Crippen molar-refractivity contribution in [1.82, 2.24) is 19.6 Å². The first-order valence-electron chi connectivity index (χ1n) is 10.9. The van der Waals surface area contributed by atoms with Crippen LogP contribution >= 0.6 is 0 Å². The Labute approximate surface area is 185 Å².